The molecule has 8 heteroatoms. The lowest BCUT2D eigenvalue weighted by atomic mass is 9.99. The number of thiocarbonyl (C=S) groups is 1. The van der Waals surface area contributed by atoms with Gasteiger partial charge in [-0.05, 0) is 36.2 Å². The van der Waals surface area contributed by atoms with E-state index in [4.69, 9.17) is 17.0 Å². The smallest absolute Gasteiger partial charge is 0.411 e. The number of methoxy groups -OCH3 is 1. The molecule has 2 fully saturated rings. The Hall–Kier alpha value is -2.35. The molecule has 0 aromatic heterocycles. The molecule has 2 atom stereocenters. The zero-order valence-corrected chi connectivity index (χ0v) is 16.0. The summed E-state index contributed by atoms with van der Waals surface area (Å²) < 4.78 is 10.3. The summed E-state index contributed by atoms with van der Waals surface area (Å²) in [5.74, 6) is -0.349. The first-order chi connectivity index (χ1) is 13.1. The third-order valence-electron chi connectivity index (χ3n) is 5.67. The van der Waals surface area contributed by atoms with E-state index in [0.29, 0.717) is 5.11 Å². The first-order valence-electron chi connectivity index (χ1n) is 9.25. The van der Waals surface area contributed by atoms with Crippen LogP contribution in [0.15, 0.2) is 24.3 Å². The summed E-state index contributed by atoms with van der Waals surface area (Å²) in [6.45, 7) is 1.54. The number of benzene rings is 1. The van der Waals surface area contributed by atoms with Gasteiger partial charge in [0.1, 0.15) is 12.6 Å². The van der Waals surface area contributed by atoms with Crippen LogP contribution < -0.4 is 5.32 Å². The van der Waals surface area contributed by atoms with Crippen molar-refractivity contribution in [2.75, 3.05) is 26.7 Å². The molecule has 1 N–H and O–H groups in total. The lowest BCUT2D eigenvalue weighted by Crippen LogP contribution is -2.50. The SMILES string of the molecule is COC(=O)CNC(=S)N1CCC(N2C(=O)OC3Cc4ccccc4C32)CC1. The standard InChI is InChI=1S/C19H23N3O4S/c1-25-16(23)11-20-18(27)21-8-6-13(7-9-21)22-17-14-5-3-2-4-12(14)10-15(17)26-19(22)24/h2-5,13,15,17H,6-11H2,1H3,(H,20,27). The fraction of sp³-hybridized carbons (Fsp3) is 0.526. The minimum atomic E-state index is -0.349. The fourth-order valence-electron chi connectivity index (χ4n) is 4.33. The summed E-state index contributed by atoms with van der Waals surface area (Å²) in [4.78, 5) is 27.8. The van der Waals surface area contributed by atoms with Gasteiger partial charge in [0, 0.05) is 25.6 Å². The molecular formula is C19H23N3O4S. The van der Waals surface area contributed by atoms with E-state index in [-0.39, 0.29) is 36.8 Å². The highest BCUT2D eigenvalue weighted by Gasteiger charge is 2.50. The second kappa shape index (κ2) is 7.34. The average Bonchev–Trinajstić information content (AvgIpc) is 3.20. The van der Waals surface area contributed by atoms with E-state index in [1.165, 1.54) is 18.2 Å². The van der Waals surface area contributed by atoms with E-state index < -0.39 is 0 Å². The molecule has 2 saturated heterocycles. The van der Waals surface area contributed by atoms with Gasteiger partial charge in [0.2, 0.25) is 0 Å². The molecule has 2 aliphatic heterocycles. The Morgan fingerprint density at radius 2 is 2.07 bits per heavy atom. The molecule has 0 bridgehead atoms. The van der Waals surface area contributed by atoms with Crippen molar-refractivity contribution in [3.05, 3.63) is 35.4 Å². The number of esters is 1. The van der Waals surface area contributed by atoms with Gasteiger partial charge in [-0.3, -0.25) is 9.69 Å². The fourth-order valence-corrected chi connectivity index (χ4v) is 4.59. The number of likely N-dealkylation sites (tertiary alicyclic amines) is 1. The Kier molecular flexibility index (Phi) is 4.90. The Morgan fingerprint density at radius 3 is 2.81 bits per heavy atom. The summed E-state index contributed by atoms with van der Waals surface area (Å²) in [6.07, 6.45) is 2.16. The van der Waals surface area contributed by atoms with Gasteiger partial charge in [0.15, 0.2) is 5.11 Å². The van der Waals surface area contributed by atoms with Gasteiger partial charge < -0.3 is 19.7 Å². The molecule has 1 aromatic rings. The number of carbonyl (C=O) groups excluding carboxylic acids is 2. The van der Waals surface area contributed by atoms with Crippen molar-refractivity contribution in [3.8, 4) is 0 Å². The molecule has 27 heavy (non-hydrogen) atoms. The number of piperidine rings is 1. The average molecular weight is 389 g/mol. The third-order valence-corrected chi connectivity index (χ3v) is 6.07. The molecule has 2 heterocycles. The van der Waals surface area contributed by atoms with Crippen molar-refractivity contribution in [3.63, 3.8) is 0 Å². The first-order valence-corrected chi connectivity index (χ1v) is 9.65. The zero-order valence-electron chi connectivity index (χ0n) is 15.2. The Morgan fingerprint density at radius 1 is 1.33 bits per heavy atom. The van der Waals surface area contributed by atoms with E-state index in [0.717, 1.165) is 32.4 Å². The summed E-state index contributed by atoms with van der Waals surface area (Å²) >= 11 is 5.37. The van der Waals surface area contributed by atoms with Crippen LogP contribution in [0.3, 0.4) is 0 Å². The van der Waals surface area contributed by atoms with E-state index in [1.54, 1.807) is 0 Å². The minimum Gasteiger partial charge on any atom is -0.468 e. The maximum Gasteiger partial charge on any atom is 0.411 e. The number of nitrogens with one attached hydrogen (secondary N) is 1. The van der Waals surface area contributed by atoms with Gasteiger partial charge in [-0.15, -0.1) is 0 Å². The first kappa shape index (κ1) is 18.0. The van der Waals surface area contributed by atoms with Crippen LogP contribution in [0.1, 0.15) is 30.0 Å². The molecular weight excluding hydrogens is 366 g/mol. The van der Waals surface area contributed by atoms with E-state index in [9.17, 15) is 9.59 Å². The second-order valence-corrected chi connectivity index (χ2v) is 7.52. The van der Waals surface area contributed by atoms with Crippen LogP contribution >= 0.6 is 12.2 Å². The highest BCUT2D eigenvalue weighted by atomic mass is 32.1. The molecule has 1 aliphatic carbocycles. The third kappa shape index (κ3) is 3.34. The summed E-state index contributed by atoms with van der Waals surface area (Å²) in [5.41, 5.74) is 2.49. The van der Waals surface area contributed by atoms with Crippen molar-refractivity contribution >= 4 is 29.4 Å². The van der Waals surface area contributed by atoms with Gasteiger partial charge in [-0.1, -0.05) is 24.3 Å². The quantitative estimate of drug-likeness (QED) is 0.622. The zero-order chi connectivity index (χ0) is 19.0. The Bertz CT molecular complexity index is 763. The number of carbonyl (C=O) groups is 2. The number of fused-ring (bicyclic) bond motifs is 3. The maximum absolute atomic E-state index is 12.5. The van der Waals surface area contributed by atoms with Crippen molar-refractivity contribution < 1.29 is 19.1 Å². The molecule has 0 saturated carbocycles. The topological polar surface area (TPSA) is 71.1 Å². The summed E-state index contributed by atoms with van der Waals surface area (Å²) in [7, 11) is 1.35. The number of rotatable bonds is 3. The maximum atomic E-state index is 12.5. The van der Waals surface area contributed by atoms with Crippen LogP contribution in [0.5, 0.6) is 0 Å². The van der Waals surface area contributed by atoms with Crippen molar-refractivity contribution in [2.45, 2.75) is 37.5 Å². The lowest BCUT2D eigenvalue weighted by molar-refractivity contribution is -0.139. The monoisotopic (exact) mass is 389 g/mol. The number of hydrogen-bond acceptors (Lipinski definition) is 5. The Balaban J connectivity index is 1.39. The molecule has 7 nitrogen and oxygen atoms in total. The van der Waals surface area contributed by atoms with E-state index in [1.807, 2.05) is 21.9 Å². The summed E-state index contributed by atoms with van der Waals surface area (Å²) in [6, 6.07) is 8.44. The second-order valence-electron chi connectivity index (χ2n) is 7.13. The summed E-state index contributed by atoms with van der Waals surface area (Å²) in [5, 5.41) is 3.47. The minimum absolute atomic E-state index is 0.0228. The number of amides is 1. The van der Waals surface area contributed by atoms with Gasteiger partial charge in [-0.2, -0.15) is 0 Å². The van der Waals surface area contributed by atoms with Crippen LogP contribution in [0.4, 0.5) is 4.79 Å². The lowest BCUT2D eigenvalue weighted by Gasteiger charge is -2.38. The van der Waals surface area contributed by atoms with Crippen molar-refractivity contribution in [1.82, 2.24) is 15.1 Å². The largest absolute Gasteiger partial charge is 0.468 e. The normalized spacial score (nSPS) is 24.3. The van der Waals surface area contributed by atoms with Crippen LogP contribution in [-0.2, 0) is 20.7 Å². The highest BCUT2D eigenvalue weighted by Crippen LogP contribution is 2.44. The van der Waals surface area contributed by atoms with Crippen LogP contribution in [0, 0.1) is 0 Å². The van der Waals surface area contributed by atoms with E-state index in [2.05, 4.69) is 22.2 Å². The predicted octanol–water partition coefficient (Wildman–Crippen LogP) is 1.62. The van der Waals surface area contributed by atoms with Gasteiger partial charge >= 0.3 is 12.1 Å². The predicted molar refractivity (Wildman–Crippen MR) is 102 cm³/mol. The molecule has 0 spiro atoms. The van der Waals surface area contributed by atoms with Gasteiger partial charge in [0.25, 0.3) is 0 Å². The Labute approximate surface area is 163 Å². The van der Waals surface area contributed by atoms with Crippen LogP contribution in [0.2, 0.25) is 0 Å². The molecule has 3 aliphatic rings. The number of nitrogens with zero attached hydrogens (tertiary/aromatic N) is 2. The molecule has 1 amide bonds. The van der Waals surface area contributed by atoms with Crippen LogP contribution in [0.25, 0.3) is 0 Å². The molecule has 144 valence electrons. The molecule has 4 rings (SSSR count). The molecule has 2 unspecified atom stereocenters. The van der Waals surface area contributed by atoms with Gasteiger partial charge in [-0.25, -0.2) is 4.79 Å². The van der Waals surface area contributed by atoms with E-state index >= 15 is 0 Å². The van der Waals surface area contributed by atoms with Crippen molar-refractivity contribution in [1.29, 1.82) is 0 Å². The van der Waals surface area contributed by atoms with Crippen molar-refractivity contribution in [2.24, 2.45) is 0 Å². The number of hydrogen-bond donors (Lipinski definition) is 1. The van der Waals surface area contributed by atoms with Crippen LogP contribution in [-0.4, -0.2) is 65.9 Å². The van der Waals surface area contributed by atoms with Gasteiger partial charge in [0.05, 0.1) is 13.2 Å². The number of ether oxygens (including phenoxy) is 2. The molecule has 1 aromatic carbocycles. The molecule has 0 radical (unpaired) electrons. The highest BCUT2D eigenvalue weighted by molar-refractivity contribution is 7.80.